The van der Waals surface area contributed by atoms with Crippen molar-refractivity contribution in [1.82, 2.24) is 31.2 Å². The predicted octanol–water partition coefficient (Wildman–Crippen LogP) is 5.57. The number of anilines is 1. The van der Waals surface area contributed by atoms with E-state index in [1.807, 2.05) is 6.07 Å². The quantitative estimate of drug-likeness (QED) is 0.0436. The number of rotatable bonds is 19. The number of nitrogens with zero attached hydrogens (tertiary/aromatic N) is 4. The monoisotopic (exact) mass is 989 g/mol. The van der Waals surface area contributed by atoms with Gasteiger partial charge >= 0.3 is 24.1 Å². The zero-order valence-corrected chi connectivity index (χ0v) is 40.6. The highest BCUT2D eigenvalue weighted by molar-refractivity contribution is 7.98. The van der Waals surface area contributed by atoms with Crippen LogP contribution in [0.3, 0.4) is 0 Å². The molecule has 0 aliphatic heterocycles. The van der Waals surface area contributed by atoms with Crippen molar-refractivity contribution in [3.05, 3.63) is 76.6 Å². The molecule has 0 fully saturated rings. The maximum Gasteiger partial charge on any atom is 0.408 e. The summed E-state index contributed by atoms with van der Waals surface area (Å²) in [6.07, 6.45) is -1.50. The van der Waals surface area contributed by atoms with Gasteiger partial charge in [-0.05, 0) is 97.4 Å². The molecule has 4 rings (SSSR count). The molecule has 2 aromatic heterocycles. The molecule has 4 aromatic rings. The van der Waals surface area contributed by atoms with Gasteiger partial charge in [-0.1, -0.05) is 35.5 Å². The molecular formula is C46H52ClN9O12S. The number of aromatic nitrogens is 2. The normalized spacial score (nSPS) is 12.4. The first-order chi connectivity index (χ1) is 32.4. The lowest BCUT2D eigenvalue weighted by Gasteiger charge is -2.22. The number of oxazole rings is 1. The van der Waals surface area contributed by atoms with E-state index in [1.165, 1.54) is 44.0 Å². The maximum atomic E-state index is 13.2. The second kappa shape index (κ2) is 24.5. The summed E-state index contributed by atoms with van der Waals surface area (Å²) in [6.45, 7) is 10.5. The number of thioether (sulfide) groups is 1. The molecule has 6 N–H and O–H groups in total. The van der Waals surface area contributed by atoms with E-state index in [0.717, 1.165) is 0 Å². The number of amides is 4. The summed E-state index contributed by atoms with van der Waals surface area (Å²) < 4.78 is 32.7. The first-order valence-corrected chi connectivity index (χ1v) is 22.4. The average Bonchev–Trinajstić information content (AvgIpc) is 3.75. The number of pyridine rings is 1. The highest BCUT2D eigenvalue weighted by atomic mass is 35.5. The van der Waals surface area contributed by atoms with Gasteiger partial charge in [-0.25, -0.2) is 29.1 Å². The van der Waals surface area contributed by atoms with Crippen LogP contribution in [0.4, 0.5) is 15.4 Å². The fourth-order valence-electron chi connectivity index (χ4n) is 5.66. The van der Waals surface area contributed by atoms with E-state index < -0.39 is 91.6 Å². The molecule has 3 atom stereocenters. The maximum absolute atomic E-state index is 13.2. The zero-order valence-electron chi connectivity index (χ0n) is 39.0. The Morgan fingerprint density at radius 2 is 1.30 bits per heavy atom. The Balaban J connectivity index is 1.46. The van der Waals surface area contributed by atoms with Crippen LogP contribution in [0.5, 0.6) is 5.75 Å². The van der Waals surface area contributed by atoms with E-state index in [0.29, 0.717) is 27.7 Å². The van der Waals surface area contributed by atoms with Gasteiger partial charge in [0, 0.05) is 21.9 Å². The minimum absolute atomic E-state index is 0.0311. The number of esters is 2. The average molecular weight is 990 g/mol. The lowest BCUT2D eigenvalue weighted by molar-refractivity contribution is -0.163. The third-order valence-corrected chi connectivity index (χ3v) is 10.00. The van der Waals surface area contributed by atoms with Crippen LogP contribution < -0.4 is 31.7 Å². The van der Waals surface area contributed by atoms with E-state index in [4.69, 9.17) is 45.4 Å². The van der Waals surface area contributed by atoms with Crippen molar-refractivity contribution >= 4 is 65.1 Å². The number of nitrogen functional groups attached to an aromatic ring is 1. The summed E-state index contributed by atoms with van der Waals surface area (Å²) in [5, 5.41) is 30.6. The number of carbonyl (C=O) groups is 6. The van der Waals surface area contributed by atoms with Crippen molar-refractivity contribution in [1.29, 1.82) is 10.5 Å². The summed E-state index contributed by atoms with van der Waals surface area (Å²) in [5.74, 6) is -2.63. The van der Waals surface area contributed by atoms with Gasteiger partial charge in [-0.15, -0.1) is 0 Å². The standard InChI is InChI=1S/C46H52ClN9O12S/c1-25(53-35(57)19-51-43(61)67-45(3,4)5)41(59)65-23-32(66-42(60)26(2)54-36(58)20-52-44(62)68-46(6,7)8)22-63-31-15-11-27(12-16-31)37-33(17-48)38(50)56-40(34(37)18-49)69-24-30-21-64-39(55-30)28-9-13-29(47)14-10-28/h9-16,21,25-26,32H,19-20,22-24H2,1-8H3,(H2,50,56)(H,51,61)(H,52,62)(H,53,57)(H,54,58)/t25-,26-,32-/m0/s1. The first kappa shape index (κ1) is 54.0. The zero-order chi connectivity index (χ0) is 51.1. The van der Waals surface area contributed by atoms with E-state index in [1.54, 1.807) is 77.9 Å². The van der Waals surface area contributed by atoms with Gasteiger partial charge in [0.1, 0.15) is 90.1 Å². The number of hydrogen-bond donors (Lipinski definition) is 5. The summed E-state index contributed by atoms with van der Waals surface area (Å²) in [4.78, 5) is 84.0. The van der Waals surface area contributed by atoms with Crippen LogP contribution in [0.25, 0.3) is 22.6 Å². The van der Waals surface area contributed by atoms with Gasteiger partial charge in [-0.3, -0.25) is 9.59 Å². The van der Waals surface area contributed by atoms with E-state index in [2.05, 4.69) is 37.3 Å². The third kappa shape index (κ3) is 17.6. The van der Waals surface area contributed by atoms with Gasteiger partial charge in [-0.2, -0.15) is 10.5 Å². The third-order valence-electron chi connectivity index (χ3n) is 8.73. The minimum atomic E-state index is -1.29. The molecule has 4 amide bonds. The van der Waals surface area contributed by atoms with Crippen molar-refractivity contribution in [2.45, 2.75) is 95.6 Å². The minimum Gasteiger partial charge on any atom is -0.490 e. The SMILES string of the molecule is C[C@H](NC(=O)CNC(=O)OC(C)(C)C)C(=O)OC[C@H](COc1ccc(-c2c(C#N)c(N)nc(SCc3coc(-c4ccc(Cl)cc4)n3)c2C#N)cc1)OC(=O)[C@H](C)NC(=O)CNC(=O)OC(C)(C)C. The summed E-state index contributed by atoms with van der Waals surface area (Å²) in [7, 11) is 0. The second-order valence-electron chi connectivity index (χ2n) is 16.9. The number of nitrogens with two attached hydrogens (primary N) is 1. The number of ether oxygens (including phenoxy) is 5. The van der Waals surface area contributed by atoms with E-state index in [9.17, 15) is 39.3 Å². The molecule has 0 bridgehead atoms. The fourth-order valence-corrected chi connectivity index (χ4v) is 6.66. The molecule has 0 spiro atoms. The Morgan fingerprint density at radius 1 is 0.768 bits per heavy atom. The number of halogens is 1. The molecule has 0 saturated carbocycles. The highest BCUT2D eigenvalue weighted by Gasteiger charge is 2.27. The van der Waals surface area contributed by atoms with Crippen LogP contribution in [-0.2, 0) is 43.9 Å². The number of carbonyl (C=O) groups excluding carboxylic acids is 6. The molecule has 0 radical (unpaired) electrons. The van der Waals surface area contributed by atoms with Crippen molar-refractivity contribution in [2.24, 2.45) is 0 Å². The van der Waals surface area contributed by atoms with Crippen molar-refractivity contribution in [3.8, 4) is 40.5 Å². The highest BCUT2D eigenvalue weighted by Crippen LogP contribution is 2.37. The van der Waals surface area contributed by atoms with Gasteiger partial charge in [0.25, 0.3) is 0 Å². The Morgan fingerprint density at radius 3 is 1.84 bits per heavy atom. The van der Waals surface area contributed by atoms with Gasteiger partial charge in [0.05, 0.1) is 11.3 Å². The van der Waals surface area contributed by atoms with Crippen LogP contribution in [0, 0.1) is 22.7 Å². The van der Waals surface area contributed by atoms with Gasteiger partial charge in [0.2, 0.25) is 17.7 Å². The predicted molar refractivity (Wildman–Crippen MR) is 250 cm³/mol. The summed E-state index contributed by atoms with van der Waals surface area (Å²) in [6, 6.07) is 14.8. The van der Waals surface area contributed by atoms with Crippen LogP contribution in [-0.4, -0.2) is 102 Å². The van der Waals surface area contributed by atoms with Crippen LogP contribution in [0.1, 0.15) is 72.2 Å². The lowest BCUT2D eigenvalue weighted by Crippen LogP contribution is -2.47. The number of nitrogens with one attached hydrogen (secondary N) is 4. The van der Waals surface area contributed by atoms with Gasteiger partial charge in [0.15, 0.2) is 6.10 Å². The molecule has 23 heteroatoms. The number of nitriles is 2. The van der Waals surface area contributed by atoms with Crippen molar-refractivity contribution in [3.63, 3.8) is 0 Å². The Kier molecular flexibility index (Phi) is 19.2. The smallest absolute Gasteiger partial charge is 0.408 e. The molecule has 0 unspecified atom stereocenters. The molecule has 0 saturated heterocycles. The van der Waals surface area contributed by atoms with E-state index >= 15 is 0 Å². The van der Waals surface area contributed by atoms with Crippen LogP contribution in [0.2, 0.25) is 5.02 Å². The fraction of sp³-hybridized carbons (Fsp3) is 0.391. The van der Waals surface area contributed by atoms with E-state index in [-0.39, 0.29) is 39.0 Å². The summed E-state index contributed by atoms with van der Waals surface area (Å²) in [5.41, 5.74) is 6.59. The van der Waals surface area contributed by atoms with Crippen molar-refractivity contribution in [2.75, 3.05) is 32.0 Å². The molecule has 21 nitrogen and oxygen atoms in total. The Hall–Kier alpha value is -7.56. The van der Waals surface area contributed by atoms with Gasteiger partial charge < -0.3 is 55.1 Å². The van der Waals surface area contributed by atoms with Crippen LogP contribution in [0.15, 0.2) is 64.2 Å². The molecule has 0 aliphatic rings. The second-order valence-corrected chi connectivity index (χ2v) is 18.3. The molecule has 366 valence electrons. The molecule has 2 aromatic carbocycles. The van der Waals surface area contributed by atoms with Crippen molar-refractivity contribution < 1.29 is 56.9 Å². The van der Waals surface area contributed by atoms with Crippen LogP contribution >= 0.6 is 23.4 Å². The molecular weight excluding hydrogens is 938 g/mol. The lowest BCUT2D eigenvalue weighted by atomic mass is 9.97. The number of hydrogen-bond acceptors (Lipinski definition) is 18. The first-order valence-electron chi connectivity index (χ1n) is 21.0. The Labute approximate surface area is 407 Å². The molecule has 0 aliphatic carbocycles. The summed E-state index contributed by atoms with van der Waals surface area (Å²) >= 11 is 7.17. The Bertz CT molecular complexity index is 2580. The largest absolute Gasteiger partial charge is 0.490 e. The molecule has 69 heavy (non-hydrogen) atoms. The number of alkyl carbamates (subject to hydrolysis) is 2. The molecule has 2 heterocycles. The topological polar surface area (TPSA) is 309 Å². The number of benzene rings is 2.